The summed E-state index contributed by atoms with van der Waals surface area (Å²) in [4.78, 5) is 24.6. The van der Waals surface area contributed by atoms with Crippen LogP contribution in [0.5, 0.6) is 0 Å². The molecule has 33 heavy (non-hydrogen) atoms. The number of nitrogens with one attached hydrogen (secondary N) is 1. The topological polar surface area (TPSA) is 72.7 Å². The zero-order chi connectivity index (χ0) is 23.8. The Bertz CT molecular complexity index is 1320. The van der Waals surface area contributed by atoms with E-state index in [0.29, 0.717) is 41.2 Å². The maximum Gasteiger partial charge on any atom is 0.416 e. The SMILES string of the molecule is CC(C)(C)CNc1nccc(-n2c(-c3cccc(C(F)(F)F)c3)nc3cc(C=O)ccc32)n1. The number of carbonyl (C=O) groups is 1. The number of carbonyl (C=O) groups excluding carboxylic acids is 1. The zero-order valence-electron chi connectivity index (χ0n) is 18.3. The Balaban J connectivity index is 1.90. The average molecular weight is 453 g/mol. The van der Waals surface area contributed by atoms with Gasteiger partial charge in [-0.15, -0.1) is 0 Å². The second-order valence-corrected chi connectivity index (χ2v) is 8.87. The quantitative estimate of drug-likeness (QED) is 0.388. The number of hydrogen-bond acceptors (Lipinski definition) is 5. The Morgan fingerprint density at radius 3 is 2.52 bits per heavy atom. The van der Waals surface area contributed by atoms with E-state index in [1.54, 1.807) is 41.1 Å². The summed E-state index contributed by atoms with van der Waals surface area (Å²) in [5.41, 5.74) is 0.982. The number of hydrogen-bond donors (Lipinski definition) is 1. The third kappa shape index (κ3) is 4.87. The number of nitrogens with zero attached hydrogens (tertiary/aromatic N) is 4. The van der Waals surface area contributed by atoms with Crippen molar-refractivity contribution in [2.24, 2.45) is 5.41 Å². The van der Waals surface area contributed by atoms with Gasteiger partial charge in [-0.25, -0.2) is 9.97 Å². The van der Waals surface area contributed by atoms with Crippen molar-refractivity contribution in [2.45, 2.75) is 26.9 Å². The van der Waals surface area contributed by atoms with Gasteiger partial charge in [0, 0.05) is 23.9 Å². The summed E-state index contributed by atoms with van der Waals surface area (Å²) in [7, 11) is 0. The van der Waals surface area contributed by atoms with Crippen LogP contribution in [-0.2, 0) is 6.18 Å². The highest BCUT2D eigenvalue weighted by Gasteiger charge is 2.31. The van der Waals surface area contributed by atoms with Crippen molar-refractivity contribution in [1.29, 1.82) is 0 Å². The molecule has 2 aromatic carbocycles. The average Bonchev–Trinajstić information content (AvgIpc) is 3.15. The van der Waals surface area contributed by atoms with Crippen LogP contribution in [0.1, 0.15) is 36.7 Å². The lowest BCUT2D eigenvalue weighted by molar-refractivity contribution is -0.137. The molecule has 2 aromatic heterocycles. The number of fused-ring (bicyclic) bond motifs is 1. The van der Waals surface area contributed by atoms with Gasteiger partial charge in [0.2, 0.25) is 5.95 Å². The first-order chi connectivity index (χ1) is 15.5. The van der Waals surface area contributed by atoms with Crippen molar-refractivity contribution in [3.05, 3.63) is 65.9 Å². The van der Waals surface area contributed by atoms with Gasteiger partial charge in [-0.05, 0) is 41.8 Å². The molecule has 0 atom stereocenters. The minimum absolute atomic E-state index is 0.00447. The monoisotopic (exact) mass is 453 g/mol. The highest BCUT2D eigenvalue weighted by molar-refractivity contribution is 5.88. The van der Waals surface area contributed by atoms with Crippen molar-refractivity contribution < 1.29 is 18.0 Å². The summed E-state index contributed by atoms with van der Waals surface area (Å²) in [6.07, 6.45) is -2.22. The van der Waals surface area contributed by atoms with Crippen molar-refractivity contribution in [3.8, 4) is 17.2 Å². The molecule has 0 aliphatic heterocycles. The molecule has 0 unspecified atom stereocenters. The Labute approximate surface area is 188 Å². The zero-order valence-corrected chi connectivity index (χ0v) is 18.3. The molecule has 0 radical (unpaired) electrons. The lowest BCUT2D eigenvalue weighted by Crippen LogP contribution is -2.20. The van der Waals surface area contributed by atoms with E-state index in [4.69, 9.17) is 0 Å². The first-order valence-electron chi connectivity index (χ1n) is 10.3. The van der Waals surface area contributed by atoms with Gasteiger partial charge in [0.1, 0.15) is 17.9 Å². The summed E-state index contributed by atoms with van der Waals surface area (Å²) in [5, 5.41) is 3.19. The van der Waals surface area contributed by atoms with Crippen LogP contribution in [0.4, 0.5) is 19.1 Å². The number of benzene rings is 2. The molecule has 170 valence electrons. The molecule has 0 amide bonds. The molecule has 0 bridgehead atoms. The standard InChI is InChI=1S/C24H22F3N5O/c1-23(2,3)14-29-22-28-10-9-20(31-22)32-19-8-7-15(13-33)11-18(19)30-21(32)16-5-4-6-17(12-16)24(25,26)27/h4-13H,14H2,1-3H3,(H,28,29,31). The number of alkyl halides is 3. The largest absolute Gasteiger partial charge is 0.416 e. The molecule has 2 heterocycles. The predicted molar refractivity (Wildman–Crippen MR) is 120 cm³/mol. The summed E-state index contributed by atoms with van der Waals surface area (Å²) in [6, 6.07) is 11.6. The lowest BCUT2D eigenvalue weighted by atomic mass is 9.97. The number of aromatic nitrogens is 4. The van der Waals surface area contributed by atoms with Crippen LogP contribution in [0.2, 0.25) is 0 Å². The van der Waals surface area contributed by atoms with Gasteiger partial charge in [0.05, 0.1) is 16.6 Å². The van der Waals surface area contributed by atoms with Gasteiger partial charge in [0.25, 0.3) is 0 Å². The smallest absolute Gasteiger partial charge is 0.354 e. The number of halogens is 3. The maximum absolute atomic E-state index is 13.3. The van der Waals surface area contributed by atoms with Crippen molar-refractivity contribution >= 4 is 23.3 Å². The van der Waals surface area contributed by atoms with Crippen LogP contribution >= 0.6 is 0 Å². The van der Waals surface area contributed by atoms with Crippen LogP contribution in [-0.4, -0.2) is 32.3 Å². The Kier molecular flexibility index (Phi) is 5.65. The normalized spacial score (nSPS) is 12.2. The van der Waals surface area contributed by atoms with E-state index in [1.807, 2.05) is 0 Å². The Hall–Kier alpha value is -3.75. The molecule has 0 saturated heterocycles. The van der Waals surface area contributed by atoms with Crippen LogP contribution in [0.25, 0.3) is 28.2 Å². The molecule has 0 aliphatic rings. The summed E-state index contributed by atoms with van der Waals surface area (Å²) in [5.74, 6) is 1.11. The summed E-state index contributed by atoms with van der Waals surface area (Å²) in [6.45, 7) is 6.85. The van der Waals surface area contributed by atoms with E-state index in [9.17, 15) is 18.0 Å². The van der Waals surface area contributed by atoms with Crippen molar-refractivity contribution in [2.75, 3.05) is 11.9 Å². The second-order valence-electron chi connectivity index (χ2n) is 8.87. The van der Waals surface area contributed by atoms with E-state index in [-0.39, 0.29) is 16.8 Å². The molecule has 0 fully saturated rings. The van der Waals surface area contributed by atoms with E-state index in [2.05, 4.69) is 41.0 Å². The molecule has 0 spiro atoms. The van der Waals surface area contributed by atoms with Crippen LogP contribution in [0, 0.1) is 5.41 Å². The van der Waals surface area contributed by atoms with E-state index >= 15 is 0 Å². The minimum Gasteiger partial charge on any atom is -0.354 e. The van der Waals surface area contributed by atoms with E-state index < -0.39 is 11.7 Å². The number of rotatable bonds is 5. The summed E-state index contributed by atoms with van der Waals surface area (Å²) >= 11 is 0. The maximum atomic E-state index is 13.3. The minimum atomic E-state index is -4.49. The lowest BCUT2D eigenvalue weighted by Gasteiger charge is -2.19. The molecular formula is C24H22F3N5O. The van der Waals surface area contributed by atoms with E-state index in [0.717, 1.165) is 12.1 Å². The van der Waals surface area contributed by atoms with Crippen molar-refractivity contribution in [1.82, 2.24) is 19.5 Å². The number of aldehydes is 1. The van der Waals surface area contributed by atoms with Gasteiger partial charge in [0.15, 0.2) is 0 Å². The predicted octanol–water partition coefficient (Wildman–Crippen LogP) is 5.77. The highest BCUT2D eigenvalue weighted by atomic mass is 19.4. The van der Waals surface area contributed by atoms with E-state index in [1.165, 1.54) is 6.07 Å². The van der Waals surface area contributed by atoms with Crippen LogP contribution in [0.3, 0.4) is 0 Å². The van der Waals surface area contributed by atoms with Crippen molar-refractivity contribution in [3.63, 3.8) is 0 Å². The van der Waals surface area contributed by atoms with Gasteiger partial charge < -0.3 is 5.32 Å². The molecule has 0 aliphatic carbocycles. The molecule has 1 N–H and O–H groups in total. The summed E-state index contributed by atoms with van der Waals surface area (Å²) < 4.78 is 41.7. The van der Waals surface area contributed by atoms with Crippen LogP contribution in [0.15, 0.2) is 54.7 Å². The number of imidazole rings is 1. The Morgan fingerprint density at radius 2 is 1.82 bits per heavy atom. The molecule has 9 heteroatoms. The highest BCUT2D eigenvalue weighted by Crippen LogP contribution is 2.34. The van der Waals surface area contributed by atoms with Gasteiger partial charge in [-0.2, -0.15) is 18.2 Å². The van der Waals surface area contributed by atoms with Gasteiger partial charge >= 0.3 is 6.18 Å². The molecular weight excluding hydrogens is 431 g/mol. The first kappa shape index (κ1) is 22.4. The Morgan fingerprint density at radius 1 is 1.03 bits per heavy atom. The van der Waals surface area contributed by atoms with Crippen LogP contribution < -0.4 is 5.32 Å². The third-order valence-electron chi connectivity index (χ3n) is 4.91. The third-order valence-corrected chi connectivity index (χ3v) is 4.91. The fourth-order valence-corrected chi connectivity index (χ4v) is 3.33. The molecule has 4 rings (SSSR count). The van der Waals surface area contributed by atoms with Gasteiger partial charge in [-0.1, -0.05) is 32.9 Å². The molecule has 4 aromatic rings. The first-order valence-corrected chi connectivity index (χ1v) is 10.3. The fraction of sp³-hybridized carbons (Fsp3) is 0.250. The second kappa shape index (κ2) is 8.31. The molecule has 0 saturated carbocycles. The van der Waals surface area contributed by atoms with Gasteiger partial charge in [-0.3, -0.25) is 9.36 Å². The number of anilines is 1. The molecule has 6 nitrogen and oxygen atoms in total. The fourth-order valence-electron chi connectivity index (χ4n) is 3.33.